The number of piperidine rings is 1. The molecule has 1 aliphatic rings. The van der Waals surface area contributed by atoms with E-state index in [0.717, 1.165) is 17.9 Å². The topological polar surface area (TPSA) is 76.5 Å². The Kier molecular flexibility index (Phi) is 7.94. The number of methoxy groups -OCH3 is 1. The van der Waals surface area contributed by atoms with Crippen molar-refractivity contribution in [3.8, 4) is 5.75 Å². The molecular weight excluding hydrogens is 404 g/mol. The van der Waals surface area contributed by atoms with Crippen molar-refractivity contribution in [3.05, 3.63) is 41.2 Å². The maximum absolute atomic E-state index is 12.8. The molecule has 1 aromatic heterocycles. The molecule has 32 heavy (non-hydrogen) atoms. The van der Waals surface area contributed by atoms with Crippen LogP contribution >= 0.6 is 0 Å². The van der Waals surface area contributed by atoms with Crippen LogP contribution in [0.2, 0.25) is 0 Å². The number of hydrogen-bond donors (Lipinski definition) is 1. The summed E-state index contributed by atoms with van der Waals surface area (Å²) in [6.45, 7) is 10.6. The van der Waals surface area contributed by atoms with Crippen LogP contribution in [0.15, 0.2) is 24.3 Å². The minimum absolute atomic E-state index is 0.00887. The summed E-state index contributed by atoms with van der Waals surface area (Å²) in [5.74, 6) is 1.23. The molecule has 7 nitrogen and oxygen atoms in total. The second-order valence-electron chi connectivity index (χ2n) is 9.07. The zero-order chi connectivity index (χ0) is 23.3. The molecule has 0 aliphatic carbocycles. The fraction of sp³-hybridized carbons (Fsp3) is 0.560. The van der Waals surface area contributed by atoms with Crippen LogP contribution in [0, 0.1) is 25.7 Å². The van der Waals surface area contributed by atoms with E-state index in [1.165, 1.54) is 5.56 Å². The Morgan fingerprint density at radius 2 is 1.88 bits per heavy atom. The lowest BCUT2D eigenvalue weighted by molar-refractivity contribution is -0.134. The number of carbonyl (C=O) groups is 2. The van der Waals surface area contributed by atoms with Gasteiger partial charge in [-0.3, -0.25) is 14.3 Å². The molecule has 0 radical (unpaired) electrons. The Labute approximate surface area is 191 Å². The van der Waals surface area contributed by atoms with Crippen molar-refractivity contribution in [2.24, 2.45) is 11.8 Å². The minimum Gasteiger partial charge on any atom is -0.495 e. The first-order chi connectivity index (χ1) is 15.3. The van der Waals surface area contributed by atoms with Crippen LogP contribution in [-0.4, -0.2) is 46.7 Å². The Balaban J connectivity index is 1.49. The van der Waals surface area contributed by atoms with E-state index >= 15 is 0 Å². The highest BCUT2D eigenvalue weighted by Crippen LogP contribution is 2.26. The number of rotatable bonds is 8. The van der Waals surface area contributed by atoms with Gasteiger partial charge in [0.25, 0.3) is 0 Å². The summed E-state index contributed by atoms with van der Waals surface area (Å²) in [6.07, 6.45) is 2.55. The van der Waals surface area contributed by atoms with E-state index < -0.39 is 0 Å². The molecule has 0 unspecified atom stereocenters. The second-order valence-corrected chi connectivity index (χ2v) is 9.07. The zero-order valence-corrected chi connectivity index (χ0v) is 20.0. The first-order valence-electron chi connectivity index (χ1n) is 11.5. The number of carbonyl (C=O) groups excluding carboxylic acids is 2. The van der Waals surface area contributed by atoms with Gasteiger partial charge in [-0.2, -0.15) is 5.10 Å². The predicted molar refractivity (Wildman–Crippen MR) is 126 cm³/mol. The maximum Gasteiger partial charge on any atom is 0.227 e. The van der Waals surface area contributed by atoms with Gasteiger partial charge in [0.2, 0.25) is 11.8 Å². The third-order valence-corrected chi connectivity index (χ3v) is 6.24. The largest absolute Gasteiger partial charge is 0.495 e. The van der Waals surface area contributed by atoms with Crippen molar-refractivity contribution in [1.29, 1.82) is 0 Å². The fourth-order valence-corrected chi connectivity index (χ4v) is 4.38. The van der Waals surface area contributed by atoms with E-state index in [0.29, 0.717) is 56.1 Å². The Hall–Kier alpha value is -2.83. The third kappa shape index (κ3) is 5.69. The number of nitrogens with one attached hydrogen (secondary N) is 1. The van der Waals surface area contributed by atoms with E-state index in [1.807, 2.05) is 36.1 Å². The molecule has 1 fully saturated rings. The summed E-state index contributed by atoms with van der Waals surface area (Å²) in [5, 5.41) is 7.63. The highest BCUT2D eigenvalue weighted by Gasteiger charge is 2.28. The molecular formula is C25H36N4O3. The monoisotopic (exact) mass is 440 g/mol. The van der Waals surface area contributed by atoms with Crippen LogP contribution in [-0.2, 0) is 22.6 Å². The second kappa shape index (κ2) is 10.7. The number of likely N-dealkylation sites (tertiary alicyclic amines) is 1. The zero-order valence-electron chi connectivity index (χ0n) is 20.0. The van der Waals surface area contributed by atoms with Gasteiger partial charge in [-0.1, -0.05) is 26.0 Å². The van der Waals surface area contributed by atoms with Crippen molar-refractivity contribution >= 4 is 17.5 Å². The van der Waals surface area contributed by atoms with Gasteiger partial charge in [0.15, 0.2) is 0 Å². The first-order valence-corrected chi connectivity index (χ1v) is 11.5. The Bertz CT molecular complexity index is 943. The van der Waals surface area contributed by atoms with Crippen molar-refractivity contribution < 1.29 is 14.3 Å². The molecule has 1 aromatic carbocycles. The predicted octanol–water partition coefficient (Wildman–Crippen LogP) is 3.97. The summed E-state index contributed by atoms with van der Waals surface area (Å²) < 4.78 is 7.37. The minimum atomic E-state index is -0.0947. The molecule has 1 aliphatic heterocycles. The summed E-state index contributed by atoms with van der Waals surface area (Å²) in [6, 6.07) is 7.40. The van der Waals surface area contributed by atoms with Gasteiger partial charge in [-0.15, -0.1) is 0 Å². The average molecular weight is 441 g/mol. The van der Waals surface area contributed by atoms with E-state index in [1.54, 1.807) is 7.11 Å². The van der Waals surface area contributed by atoms with Gasteiger partial charge in [-0.05, 0) is 56.7 Å². The highest BCUT2D eigenvalue weighted by atomic mass is 16.5. The van der Waals surface area contributed by atoms with Gasteiger partial charge in [0.05, 0.1) is 18.5 Å². The quantitative estimate of drug-likeness (QED) is 0.674. The SMILES string of the molecule is COc1ccccc1NC(=O)C1CCN(C(=O)CCc2c(C)nn(CC(C)C)c2C)CC1. The van der Waals surface area contributed by atoms with Gasteiger partial charge in [-0.25, -0.2) is 0 Å². The van der Waals surface area contributed by atoms with Gasteiger partial charge < -0.3 is 15.0 Å². The molecule has 1 N–H and O–H groups in total. The molecule has 3 rings (SSSR count). The Morgan fingerprint density at radius 3 is 2.53 bits per heavy atom. The third-order valence-electron chi connectivity index (χ3n) is 6.24. The molecule has 0 bridgehead atoms. The molecule has 174 valence electrons. The van der Waals surface area contributed by atoms with Crippen LogP contribution < -0.4 is 10.1 Å². The molecule has 2 aromatic rings. The van der Waals surface area contributed by atoms with Crippen LogP contribution in [0.4, 0.5) is 5.69 Å². The fourth-order valence-electron chi connectivity index (χ4n) is 4.38. The molecule has 0 spiro atoms. The molecule has 0 saturated carbocycles. The summed E-state index contributed by atoms with van der Waals surface area (Å²) in [5.41, 5.74) is 4.05. The number of benzene rings is 1. The normalized spacial score (nSPS) is 14.6. The number of hydrogen-bond acceptors (Lipinski definition) is 4. The molecule has 2 amide bonds. The van der Waals surface area contributed by atoms with Crippen LogP contribution in [0.3, 0.4) is 0 Å². The molecule has 7 heteroatoms. The molecule has 1 saturated heterocycles. The maximum atomic E-state index is 12.8. The van der Waals surface area contributed by atoms with E-state index in [-0.39, 0.29) is 17.7 Å². The number of anilines is 1. The van der Waals surface area contributed by atoms with Crippen molar-refractivity contribution in [1.82, 2.24) is 14.7 Å². The lowest BCUT2D eigenvalue weighted by Gasteiger charge is -2.31. The van der Waals surface area contributed by atoms with Crippen LogP contribution in [0.25, 0.3) is 0 Å². The van der Waals surface area contributed by atoms with Crippen molar-refractivity contribution in [2.75, 3.05) is 25.5 Å². The van der Waals surface area contributed by atoms with E-state index in [2.05, 4.69) is 35.9 Å². The molecule has 2 heterocycles. The average Bonchev–Trinajstić information content (AvgIpc) is 3.04. The summed E-state index contributed by atoms with van der Waals surface area (Å²) in [7, 11) is 1.59. The number of para-hydroxylation sites is 2. The van der Waals surface area contributed by atoms with Gasteiger partial charge in [0.1, 0.15) is 5.75 Å². The van der Waals surface area contributed by atoms with Crippen LogP contribution in [0.5, 0.6) is 5.75 Å². The standard InChI is InChI=1S/C25H36N4O3/c1-17(2)16-29-19(4)21(18(3)27-29)10-11-24(30)28-14-12-20(13-15-28)25(31)26-22-8-6-7-9-23(22)32-5/h6-9,17,20H,10-16H2,1-5H3,(H,26,31). The van der Waals surface area contributed by atoms with Crippen molar-refractivity contribution in [3.63, 3.8) is 0 Å². The summed E-state index contributed by atoms with van der Waals surface area (Å²) >= 11 is 0. The number of ether oxygens (including phenoxy) is 1. The Morgan fingerprint density at radius 1 is 1.19 bits per heavy atom. The number of nitrogens with zero attached hydrogens (tertiary/aromatic N) is 3. The lowest BCUT2D eigenvalue weighted by atomic mass is 9.95. The van der Waals surface area contributed by atoms with E-state index in [4.69, 9.17) is 4.74 Å². The number of aryl methyl sites for hydroxylation is 1. The van der Waals surface area contributed by atoms with Gasteiger partial charge >= 0.3 is 0 Å². The smallest absolute Gasteiger partial charge is 0.227 e. The number of aromatic nitrogens is 2. The lowest BCUT2D eigenvalue weighted by Crippen LogP contribution is -2.41. The first kappa shape index (κ1) is 23.8. The highest BCUT2D eigenvalue weighted by molar-refractivity contribution is 5.94. The van der Waals surface area contributed by atoms with Crippen molar-refractivity contribution in [2.45, 2.75) is 59.9 Å². The van der Waals surface area contributed by atoms with Crippen LogP contribution in [0.1, 0.15) is 50.1 Å². The summed E-state index contributed by atoms with van der Waals surface area (Å²) in [4.78, 5) is 27.4. The molecule has 0 atom stereocenters. The number of amides is 2. The van der Waals surface area contributed by atoms with E-state index in [9.17, 15) is 9.59 Å². The van der Waals surface area contributed by atoms with Gasteiger partial charge in [0, 0.05) is 37.7 Å².